The quantitative estimate of drug-likeness (QED) is 0.306. The van der Waals surface area contributed by atoms with E-state index in [1.54, 1.807) is 10.8 Å². The summed E-state index contributed by atoms with van der Waals surface area (Å²) in [4.78, 5) is 2.19. The fourth-order valence-corrected chi connectivity index (χ4v) is 5.77. The van der Waals surface area contributed by atoms with Gasteiger partial charge >= 0.3 is 0 Å². The third kappa shape index (κ3) is 2.84. The zero-order valence-electron chi connectivity index (χ0n) is 13.0. The molecule has 1 unspecified atom stereocenters. The van der Waals surface area contributed by atoms with Crippen molar-refractivity contribution in [3.05, 3.63) is 78.9 Å². The molecule has 0 amide bonds. The zero-order valence-corrected chi connectivity index (χ0v) is 14.6. The average Bonchev–Trinajstić information content (AvgIpc) is 2.61. The predicted molar refractivity (Wildman–Crippen MR) is 108 cm³/mol. The van der Waals surface area contributed by atoms with Crippen molar-refractivity contribution in [1.29, 1.82) is 0 Å². The van der Waals surface area contributed by atoms with Gasteiger partial charge in [-0.1, -0.05) is 60.7 Å². The van der Waals surface area contributed by atoms with E-state index in [0.29, 0.717) is 0 Å². The molecule has 24 heavy (non-hydrogen) atoms. The normalized spacial score (nSPS) is 12.5. The van der Waals surface area contributed by atoms with E-state index in [1.165, 1.54) is 21.1 Å². The van der Waals surface area contributed by atoms with Crippen LogP contribution in [0.4, 0.5) is 5.69 Å². The summed E-state index contributed by atoms with van der Waals surface area (Å²) >= 11 is 0. The van der Waals surface area contributed by atoms with Crippen LogP contribution in [0.3, 0.4) is 0 Å². The summed E-state index contributed by atoms with van der Waals surface area (Å²) in [7, 11) is 1.16. The van der Waals surface area contributed by atoms with E-state index in [9.17, 15) is 0 Å². The summed E-state index contributed by atoms with van der Waals surface area (Å²) in [5, 5.41) is 11.3. The standard InChI is InChI=1S/C20H17N2S2/c21-18-12-15-7-1-2-8-16(15)13-20(18)24(22)23-19-11-5-9-14-6-3-4-10-17(14)19/h1-13H,21-22H2/q+1. The molecular weight excluding hydrogens is 332 g/mol. The Morgan fingerprint density at radius 2 is 1.33 bits per heavy atom. The Morgan fingerprint density at radius 1 is 0.708 bits per heavy atom. The van der Waals surface area contributed by atoms with E-state index in [1.807, 2.05) is 18.2 Å². The van der Waals surface area contributed by atoms with Crippen LogP contribution in [0, 0.1) is 0 Å². The second-order valence-electron chi connectivity index (χ2n) is 5.60. The van der Waals surface area contributed by atoms with Crippen LogP contribution in [0.5, 0.6) is 0 Å². The summed E-state index contributed by atoms with van der Waals surface area (Å²) in [5.74, 6) is 0. The largest absolute Gasteiger partial charge is 0.395 e. The first kappa shape index (κ1) is 15.4. The first-order chi connectivity index (χ1) is 11.7. The van der Waals surface area contributed by atoms with Gasteiger partial charge in [0, 0.05) is 6.07 Å². The Morgan fingerprint density at radius 3 is 2.12 bits per heavy atom. The number of nitrogen functional groups attached to an aromatic ring is 1. The maximum absolute atomic E-state index is 6.52. The van der Waals surface area contributed by atoms with Gasteiger partial charge in [-0.2, -0.15) is 0 Å². The van der Waals surface area contributed by atoms with E-state index in [0.717, 1.165) is 16.0 Å². The Labute approximate surface area is 147 Å². The monoisotopic (exact) mass is 349 g/mol. The highest BCUT2D eigenvalue weighted by Crippen LogP contribution is 2.37. The summed E-state index contributed by atoms with van der Waals surface area (Å²) < 4.78 is 0. The van der Waals surface area contributed by atoms with Crippen molar-refractivity contribution in [2.75, 3.05) is 5.73 Å². The molecule has 1 atom stereocenters. The molecule has 2 nitrogen and oxygen atoms in total. The van der Waals surface area contributed by atoms with Crippen LogP contribution >= 0.6 is 10.8 Å². The lowest BCUT2D eigenvalue weighted by atomic mass is 10.1. The van der Waals surface area contributed by atoms with Gasteiger partial charge in [0.05, 0.1) is 10.6 Å². The zero-order chi connectivity index (χ0) is 16.5. The van der Waals surface area contributed by atoms with E-state index in [4.69, 9.17) is 10.9 Å². The number of hydrogen-bond acceptors (Lipinski definition) is 3. The fourth-order valence-electron chi connectivity index (χ4n) is 2.82. The highest BCUT2D eigenvalue weighted by atomic mass is 33.1. The number of rotatable bonds is 3. The fraction of sp³-hybridized carbons (Fsp3) is 0. The van der Waals surface area contributed by atoms with Crippen molar-refractivity contribution < 1.29 is 0 Å². The Balaban J connectivity index is 1.73. The number of fused-ring (bicyclic) bond motifs is 2. The topological polar surface area (TPSA) is 52.0 Å². The van der Waals surface area contributed by atoms with Gasteiger partial charge in [0.2, 0.25) is 4.90 Å². The summed E-state index contributed by atoms with van der Waals surface area (Å²) in [6, 6.07) is 27.1. The van der Waals surface area contributed by atoms with Crippen molar-refractivity contribution >= 4 is 48.1 Å². The van der Waals surface area contributed by atoms with Crippen molar-refractivity contribution in [3.63, 3.8) is 0 Å². The van der Waals surface area contributed by atoms with Gasteiger partial charge in [-0.05, 0) is 33.7 Å². The van der Waals surface area contributed by atoms with Crippen LogP contribution in [0.1, 0.15) is 0 Å². The second kappa shape index (κ2) is 6.40. The first-order valence-electron chi connectivity index (χ1n) is 7.65. The maximum Gasteiger partial charge on any atom is 0.213 e. The van der Waals surface area contributed by atoms with Gasteiger partial charge < -0.3 is 5.73 Å². The Hall–Kier alpha value is -2.14. The van der Waals surface area contributed by atoms with Crippen LogP contribution in [-0.2, 0) is 10.1 Å². The van der Waals surface area contributed by atoms with Gasteiger partial charge in [0.25, 0.3) is 0 Å². The minimum Gasteiger partial charge on any atom is -0.395 e. The van der Waals surface area contributed by atoms with Gasteiger partial charge in [-0.15, -0.1) is 5.14 Å². The van der Waals surface area contributed by atoms with Gasteiger partial charge in [-0.3, -0.25) is 0 Å². The smallest absolute Gasteiger partial charge is 0.213 e. The highest BCUT2D eigenvalue weighted by molar-refractivity contribution is 8.73. The first-order valence-corrected chi connectivity index (χ1v) is 10.3. The predicted octanol–water partition coefficient (Wildman–Crippen LogP) is 5.13. The van der Waals surface area contributed by atoms with Crippen molar-refractivity contribution in [3.8, 4) is 0 Å². The van der Waals surface area contributed by atoms with Crippen molar-refractivity contribution in [2.24, 2.45) is 5.14 Å². The third-order valence-corrected chi connectivity index (χ3v) is 7.14. The summed E-state index contributed by atoms with van der Waals surface area (Å²) in [6.07, 6.45) is 0. The van der Waals surface area contributed by atoms with E-state index >= 15 is 0 Å². The van der Waals surface area contributed by atoms with Crippen LogP contribution in [0.15, 0.2) is 88.7 Å². The molecular formula is C20H17N2S2+. The number of anilines is 1. The SMILES string of the molecule is Nc1cc2ccccc2cc1[S+](N)Sc1cccc2ccccc12. The van der Waals surface area contributed by atoms with Crippen LogP contribution < -0.4 is 10.9 Å². The number of hydrogen-bond donors (Lipinski definition) is 2. The number of benzene rings is 4. The molecule has 0 radical (unpaired) electrons. The van der Waals surface area contributed by atoms with Crippen molar-refractivity contribution in [1.82, 2.24) is 0 Å². The molecule has 4 N–H and O–H groups in total. The highest BCUT2D eigenvalue weighted by Gasteiger charge is 2.25. The average molecular weight is 350 g/mol. The molecule has 4 aromatic carbocycles. The van der Waals surface area contributed by atoms with Gasteiger partial charge in [0.1, 0.15) is 0 Å². The van der Waals surface area contributed by atoms with E-state index in [2.05, 4.69) is 60.7 Å². The molecule has 0 aliphatic carbocycles. The van der Waals surface area contributed by atoms with E-state index in [-0.39, 0.29) is 0 Å². The third-order valence-electron chi connectivity index (χ3n) is 4.02. The molecule has 118 valence electrons. The second-order valence-corrected chi connectivity index (χ2v) is 8.81. The molecule has 0 aliphatic rings. The lowest BCUT2D eigenvalue weighted by Crippen LogP contribution is -2.11. The molecule has 0 saturated heterocycles. The number of nitrogens with two attached hydrogens (primary N) is 2. The van der Waals surface area contributed by atoms with E-state index < -0.39 is 10.1 Å². The van der Waals surface area contributed by atoms with Gasteiger partial charge in [0.15, 0.2) is 20.9 Å². The van der Waals surface area contributed by atoms with Crippen LogP contribution in [-0.4, -0.2) is 0 Å². The van der Waals surface area contributed by atoms with Gasteiger partial charge in [-0.25, -0.2) is 0 Å². The maximum atomic E-state index is 6.52. The molecule has 0 saturated carbocycles. The Bertz CT molecular complexity index is 1020. The molecule has 0 heterocycles. The molecule has 4 heteroatoms. The van der Waals surface area contributed by atoms with Crippen molar-refractivity contribution in [2.45, 2.75) is 9.79 Å². The molecule has 4 rings (SSSR count). The minimum absolute atomic E-state index is 0.516. The summed E-state index contributed by atoms with van der Waals surface area (Å²) in [5.41, 5.74) is 7.02. The molecule has 0 fully saturated rings. The van der Waals surface area contributed by atoms with Crippen LogP contribution in [0.2, 0.25) is 0 Å². The minimum atomic E-state index is -0.516. The molecule has 4 aromatic rings. The lowest BCUT2D eigenvalue weighted by molar-refractivity contribution is 1.49. The Kier molecular flexibility index (Phi) is 4.10. The lowest BCUT2D eigenvalue weighted by Gasteiger charge is -2.07. The van der Waals surface area contributed by atoms with Crippen LogP contribution in [0.25, 0.3) is 21.5 Å². The molecule has 0 aromatic heterocycles. The molecule has 0 aliphatic heterocycles. The summed E-state index contributed by atoms with van der Waals surface area (Å²) in [6.45, 7) is 0. The molecule has 0 spiro atoms. The molecule has 0 bridgehead atoms.